The molecule has 1 fully saturated rings. The van der Waals surface area contributed by atoms with Gasteiger partial charge in [-0.25, -0.2) is 4.72 Å². The maximum absolute atomic E-state index is 11.7. The summed E-state index contributed by atoms with van der Waals surface area (Å²) >= 11 is 5.49. The topological polar surface area (TPSA) is 49.4 Å². The fourth-order valence-electron chi connectivity index (χ4n) is 1.58. The van der Waals surface area contributed by atoms with Gasteiger partial charge in [0.05, 0.1) is 0 Å². The lowest BCUT2D eigenvalue weighted by atomic mass is 10.0. The fourth-order valence-corrected chi connectivity index (χ4v) is 2.99. The highest BCUT2D eigenvalue weighted by Crippen LogP contribution is 2.17. The summed E-state index contributed by atoms with van der Waals surface area (Å²) < 4.78 is 27.6. The molecule has 0 amide bonds. The molecule has 0 aromatic carbocycles. The predicted octanol–water partition coefficient (Wildman–Crippen LogP) is 1.18. The van der Waals surface area contributed by atoms with Crippen molar-refractivity contribution in [2.24, 2.45) is 5.92 Å². The molecule has 0 saturated carbocycles. The molecule has 0 bridgehead atoms. The quantitative estimate of drug-likeness (QED) is 0.592. The van der Waals surface area contributed by atoms with Crippen molar-refractivity contribution >= 4 is 21.8 Å². The third kappa shape index (κ3) is 4.26. The molecule has 90 valence electrons. The normalized spacial score (nSPS) is 20.7. The Morgan fingerprint density at radius 3 is 2.53 bits per heavy atom. The van der Waals surface area contributed by atoms with Gasteiger partial charge in [0.15, 0.2) is 0 Å². The van der Waals surface area contributed by atoms with Crippen LogP contribution in [0.25, 0.3) is 0 Å². The molecule has 0 aromatic heterocycles. The van der Waals surface area contributed by atoms with E-state index < -0.39 is 10.2 Å². The largest absolute Gasteiger partial charge is 0.279 e. The van der Waals surface area contributed by atoms with E-state index in [1.165, 1.54) is 4.31 Å². The van der Waals surface area contributed by atoms with Gasteiger partial charge in [-0.15, -0.1) is 11.6 Å². The Morgan fingerprint density at radius 2 is 2.00 bits per heavy atom. The number of alkyl halides is 1. The van der Waals surface area contributed by atoms with Crippen LogP contribution in [0.15, 0.2) is 0 Å². The number of rotatable bonds is 5. The Hall–Kier alpha value is 0.160. The van der Waals surface area contributed by atoms with E-state index in [2.05, 4.69) is 11.6 Å². The molecule has 1 aliphatic heterocycles. The van der Waals surface area contributed by atoms with Crippen LogP contribution in [-0.2, 0) is 10.2 Å². The second kappa shape index (κ2) is 6.03. The number of piperidine rings is 1. The zero-order valence-corrected chi connectivity index (χ0v) is 10.6. The summed E-state index contributed by atoms with van der Waals surface area (Å²) in [6.45, 7) is 3.86. The summed E-state index contributed by atoms with van der Waals surface area (Å²) in [5, 5.41) is 0. The van der Waals surface area contributed by atoms with Crippen LogP contribution in [0.5, 0.6) is 0 Å². The maximum atomic E-state index is 11.7. The van der Waals surface area contributed by atoms with E-state index in [9.17, 15) is 8.42 Å². The lowest BCUT2D eigenvalue weighted by Gasteiger charge is -2.29. The van der Waals surface area contributed by atoms with Gasteiger partial charge in [-0.3, -0.25) is 0 Å². The molecule has 15 heavy (non-hydrogen) atoms. The monoisotopic (exact) mass is 254 g/mol. The molecule has 0 aromatic rings. The van der Waals surface area contributed by atoms with Gasteiger partial charge in [-0.1, -0.05) is 6.92 Å². The molecule has 1 saturated heterocycles. The first-order valence-electron chi connectivity index (χ1n) is 5.37. The third-order valence-corrected chi connectivity index (χ3v) is 4.56. The Bertz CT molecular complexity index is 274. The number of nitrogens with zero attached hydrogens (tertiary/aromatic N) is 1. The van der Waals surface area contributed by atoms with Crippen molar-refractivity contribution in [2.45, 2.75) is 26.2 Å². The standard InChI is InChI=1S/C9H19ClN2O2S/c1-9-3-7-12(8-4-9)15(13,14)11-6-2-5-10/h9,11H,2-8H2,1H3. The molecule has 4 nitrogen and oxygen atoms in total. The van der Waals surface area contributed by atoms with Crippen molar-refractivity contribution in [2.75, 3.05) is 25.5 Å². The van der Waals surface area contributed by atoms with Gasteiger partial charge in [0.2, 0.25) is 0 Å². The molecule has 0 aliphatic carbocycles. The fraction of sp³-hybridized carbons (Fsp3) is 1.00. The van der Waals surface area contributed by atoms with Gasteiger partial charge in [0.25, 0.3) is 10.2 Å². The molecule has 1 rings (SSSR count). The van der Waals surface area contributed by atoms with Crippen LogP contribution in [0.2, 0.25) is 0 Å². The van der Waals surface area contributed by atoms with Crippen molar-refractivity contribution in [3.63, 3.8) is 0 Å². The van der Waals surface area contributed by atoms with Crippen LogP contribution >= 0.6 is 11.6 Å². The molecule has 1 N–H and O–H groups in total. The molecule has 1 heterocycles. The second-order valence-corrected chi connectivity index (χ2v) is 6.16. The van der Waals surface area contributed by atoms with Crippen molar-refractivity contribution < 1.29 is 8.42 Å². The summed E-state index contributed by atoms with van der Waals surface area (Å²) in [4.78, 5) is 0. The molecular weight excluding hydrogens is 236 g/mol. The van der Waals surface area contributed by atoms with E-state index in [4.69, 9.17) is 11.6 Å². The first-order valence-corrected chi connectivity index (χ1v) is 7.34. The summed E-state index contributed by atoms with van der Waals surface area (Å²) in [6, 6.07) is 0. The molecule has 0 unspecified atom stereocenters. The van der Waals surface area contributed by atoms with Crippen LogP contribution in [0.3, 0.4) is 0 Å². The van der Waals surface area contributed by atoms with Crippen LogP contribution in [0, 0.1) is 5.92 Å². The van der Waals surface area contributed by atoms with Crippen LogP contribution in [0.1, 0.15) is 26.2 Å². The lowest BCUT2D eigenvalue weighted by molar-refractivity contribution is 0.285. The van der Waals surface area contributed by atoms with E-state index in [1.54, 1.807) is 0 Å². The molecule has 6 heteroatoms. The Labute approximate surface area is 97.2 Å². The Balaban J connectivity index is 2.40. The Morgan fingerprint density at radius 1 is 1.40 bits per heavy atom. The van der Waals surface area contributed by atoms with Gasteiger partial charge in [-0.2, -0.15) is 12.7 Å². The summed E-state index contributed by atoms with van der Waals surface area (Å²) in [6.07, 6.45) is 2.58. The van der Waals surface area contributed by atoms with E-state index in [0.29, 0.717) is 37.9 Å². The molecule has 0 atom stereocenters. The number of halogens is 1. The summed E-state index contributed by atoms with van der Waals surface area (Å²) in [7, 11) is -3.25. The van der Waals surface area contributed by atoms with E-state index in [1.807, 2.05) is 0 Å². The van der Waals surface area contributed by atoms with Crippen LogP contribution in [-0.4, -0.2) is 38.2 Å². The van der Waals surface area contributed by atoms with Gasteiger partial charge < -0.3 is 0 Å². The number of hydrogen-bond donors (Lipinski definition) is 1. The van der Waals surface area contributed by atoms with Crippen molar-refractivity contribution in [3.8, 4) is 0 Å². The van der Waals surface area contributed by atoms with Gasteiger partial charge in [0.1, 0.15) is 0 Å². The van der Waals surface area contributed by atoms with Crippen LogP contribution < -0.4 is 4.72 Å². The lowest BCUT2D eigenvalue weighted by Crippen LogP contribution is -2.44. The molecule has 1 aliphatic rings. The maximum Gasteiger partial charge on any atom is 0.279 e. The minimum atomic E-state index is -3.25. The first-order chi connectivity index (χ1) is 7.06. The zero-order valence-electron chi connectivity index (χ0n) is 9.08. The minimum absolute atomic E-state index is 0.428. The van der Waals surface area contributed by atoms with Gasteiger partial charge >= 0.3 is 0 Å². The van der Waals surface area contributed by atoms with E-state index >= 15 is 0 Å². The average molecular weight is 255 g/mol. The average Bonchev–Trinajstić information content (AvgIpc) is 2.18. The zero-order chi connectivity index (χ0) is 11.3. The van der Waals surface area contributed by atoms with Gasteiger partial charge in [0, 0.05) is 25.5 Å². The molecule has 0 radical (unpaired) electrons. The Kier molecular flexibility index (Phi) is 5.32. The minimum Gasteiger partial charge on any atom is -0.202 e. The molecular formula is C9H19ClN2O2S. The SMILES string of the molecule is CC1CCN(S(=O)(=O)NCCCCl)CC1. The smallest absolute Gasteiger partial charge is 0.202 e. The number of nitrogens with one attached hydrogen (secondary N) is 1. The van der Waals surface area contributed by atoms with Crippen molar-refractivity contribution in [3.05, 3.63) is 0 Å². The third-order valence-electron chi connectivity index (χ3n) is 2.68. The van der Waals surface area contributed by atoms with E-state index in [-0.39, 0.29) is 0 Å². The molecule has 0 spiro atoms. The van der Waals surface area contributed by atoms with E-state index in [0.717, 1.165) is 12.8 Å². The summed E-state index contributed by atoms with van der Waals surface area (Å²) in [5.74, 6) is 1.12. The van der Waals surface area contributed by atoms with Crippen molar-refractivity contribution in [1.29, 1.82) is 0 Å². The highest BCUT2D eigenvalue weighted by molar-refractivity contribution is 7.87. The van der Waals surface area contributed by atoms with Crippen molar-refractivity contribution in [1.82, 2.24) is 9.03 Å². The highest BCUT2D eigenvalue weighted by Gasteiger charge is 2.25. The van der Waals surface area contributed by atoms with Crippen LogP contribution in [0.4, 0.5) is 0 Å². The highest BCUT2D eigenvalue weighted by atomic mass is 35.5. The summed E-state index contributed by atoms with van der Waals surface area (Å²) in [5.41, 5.74) is 0. The number of hydrogen-bond acceptors (Lipinski definition) is 2. The first kappa shape index (κ1) is 13.2. The predicted molar refractivity (Wildman–Crippen MR) is 62.2 cm³/mol. The second-order valence-electron chi connectivity index (χ2n) is 4.02. The van der Waals surface area contributed by atoms with Gasteiger partial charge in [-0.05, 0) is 25.2 Å².